The van der Waals surface area contributed by atoms with E-state index >= 15 is 0 Å². The van der Waals surface area contributed by atoms with E-state index in [0.717, 1.165) is 62.0 Å². The zero-order chi connectivity index (χ0) is 28.8. The van der Waals surface area contributed by atoms with Crippen molar-refractivity contribution in [3.8, 4) is 0 Å². The van der Waals surface area contributed by atoms with Crippen molar-refractivity contribution in [2.24, 2.45) is 5.92 Å². The molecule has 1 atom stereocenters. The van der Waals surface area contributed by atoms with Gasteiger partial charge >= 0.3 is 11.9 Å². The average molecular weight is 531 g/mol. The van der Waals surface area contributed by atoms with Crippen LogP contribution < -0.4 is 10.6 Å². The van der Waals surface area contributed by atoms with Crippen molar-refractivity contribution in [1.82, 2.24) is 10.6 Å². The summed E-state index contributed by atoms with van der Waals surface area (Å²) in [5.74, 6) is -1.71. The van der Waals surface area contributed by atoms with Crippen LogP contribution in [0.3, 0.4) is 0 Å². The molecular weight excluding hydrogens is 484 g/mol. The van der Waals surface area contributed by atoms with E-state index in [4.69, 9.17) is 9.47 Å². The quantitative estimate of drug-likeness (QED) is 0.113. The predicted molar refractivity (Wildman–Crippen MR) is 151 cm³/mol. The number of hydrogen-bond donors (Lipinski definition) is 2. The molecule has 0 aromatic carbocycles. The summed E-state index contributed by atoms with van der Waals surface area (Å²) < 4.78 is 10.2. The van der Waals surface area contributed by atoms with Gasteiger partial charge in [-0.05, 0) is 78.7 Å². The maximum absolute atomic E-state index is 11.8. The molecule has 212 valence electrons. The molecule has 0 bridgehead atoms. The summed E-state index contributed by atoms with van der Waals surface area (Å²) >= 11 is 0. The van der Waals surface area contributed by atoms with Crippen LogP contribution in [0.5, 0.6) is 0 Å². The summed E-state index contributed by atoms with van der Waals surface area (Å²) in [7, 11) is 0. The highest BCUT2D eigenvalue weighted by Crippen LogP contribution is 2.12. The number of hydrogen-bond acceptors (Lipinski definition) is 6. The second-order valence-electron chi connectivity index (χ2n) is 9.67. The van der Waals surface area contributed by atoms with Crippen LogP contribution in [0.1, 0.15) is 73.6 Å². The molecule has 0 saturated heterocycles. The lowest BCUT2D eigenvalue weighted by Gasteiger charge is -2.09. The second-order valence-corrected chi connectivity index (χ2v) is 9.67. The van der Waals surface area contributed by atoms with Gasteiger partial charge in [-0.15, -0.1) is 0 Å². The van der Waals surface area contributed by atoms with Crippen molar-refractivity contribution in [2.45, 2.75) is 73.6 Å². The first-order chi connectivity index (χ1) is 18.0. The monoisotopic (exact) mass is 530 g/mol. The van der Waals surface area contributed by atoms with E-state index in [-0.39, 0.29) is 19.7 Å². The van der Waals surface area contributed by atoms with Crippen molar-refractivity contribution >= 4 is 23.8 Å². The number of esters is 2. The molecule has 0 spiro atoms. The van der Waals surface area contributed by atoms with E-state index in [1.165, 1.54) is 11.1 Å². The lowest BCUT2D eigenvalue weighted by molar-refractivity contribution is -0.138. The number of carbonyl (C=O) groups is 4. The molecule has 2 N–H and O–H groups in total. The largest absolute Gasteiger partial charge is 0.463 e. The van der Waals surface area contributed by atoms with Crippen molar-refractivity contribution < 1.29 is 28.7 Å². The second kappa shape index (κ2) is 21.6. The van der Waals surface area contributed by atoms with Crippen LogP contribution in [0, 0.1) is 5.92 Å². The molecular formula is C30H46N2O6. The highest BCUT2D eigenvalue weighted by molar-refractivity contribution is 5.95. The summed E-state index contributed by atoms with van der Waals surface area (Å²) in [6.45, 7) is 13.1. The number of rotatable bonds is 18. The van der Waals surface area contributed by atoms with Crippen molar-refractivity contribution in [2.75, 3.05) is 26.3 Å². The van der Waals surface area contributed by atoms with Gasteiger partial charge in [-0.3, -0.25) is 9.59 Å². The van der Waals surface area contributed by atoms with Gasteiger partial charge in [-0.2, -0.15) is 0 Å². The fourth-order valence-corrected chi connectivity index (χ4v) is 2.99. The van der Waals surface area contributed by atoms with E-state index in [2.05, 4.69) is 57.4 Å². The fraction of sp³-hybridized carbons (Fsp3) is 0.533. The first kappa shape index (κ1) is 34.6. The van der Waals surface area contributed by atoms with E-state index in [9.17, 15) is 19.2 Å². The van der Waals surface area contributed by atoms with E-state index in [1.54, 1.807) is 0 Å². The van der Waals surface area contributed by atoms with Gasteiger partial charge in [-0.25, -0.2) is 9.59 Å². The van der Waals surface area contributed by atoms with Gasteiger partial charge in [0.15, 0.2) is 0 Å². The van der Waals surface area contributed by atoms with Crippen molar-refractivity contribution in [1.29, 1.82) is 0 Å². The third kappa shape index (κ3) is 23.0. The molecule has 0 aliphatic carbocycles. The molecule has 0 radical (unpaired) electrons. The minimum Gasteiger partial charge on any atom is -0.463 e. The Bertz CT molecular complexity index is 904. The summed E-state index contributed by atoms with van der Waals surface area (Å²) in [5.41, 5.74) is 3.69. The minimum atomic E-state index is -0.614. The van der Waals surface area contributed by atoms with Crippen molar-refractivity contribution in [3.05, 3.63) is 59.3 Å². The fourth-order valence-electron chi connectivity index (χ4n) is 2.99. The topological polar surface area (TPSA) is 111 Å². The molecule has 0 aromatic rings. The van der Waals surface area contributed by atoms with Gasteiger partial charge in [0.1, 0.15) is 6.61 Å². The van der Waals surface area contributed by atoms with Gasteiger partial charge in [0, 0.05) is 37.4 Å². The standard InChI is InChI=1S/C30H46N2O6/c1-23(2)9-7-11-25(5)17-21-37-29(35)15-13-27(33)31-19-20-32-28(34)14-16-30(36)38-22-18-26(6)12-8-10-24(3)4/h9-10,13-17,26H,7-8,11-12,18-22H2,1-6H3,(H,31,33)(H,32,34)/b15-13-,16-14-,25-17+. The molecule has 0 aromatic heterocycles. The average Bonchev–Trinajstić information content (AvgIpc) is 2.83. The number of nitrogens with one attached hydrogen (secondary N) is 2. The van der Waals surface area contributed by atoms with Gasteiger partial charge in [0.05, 0.1) is 6.61 Å². The third-order valence-corrected chi connectivity index (χ3v) is 5.28. The Kier molecular flexibility index (Phi) is 19.7. The number of ether oxygens (including phenoxy) is 2. The summed E-state index contributed by atoms with van der Waals surface area (Å²) in [6.07, 6.45) is 15.1. The minimum absolute atomic E-state index is 0.147. The normalized spacial score (nSPS) is 12.1. The number of allylic oxidation sites excluding steroid dienone is 5. The molecule has 0 rings (SSSR count). The SMILES string of the molecule is CC(C)=CCC/C(C)=C/COC(=O)/C=C\C(=O)NCCNC(=O)/C=C\C(=O)OCCC(C)CCC=C(C)C. The Morgan fingerprint density at radius 3 is 1.76 bits per heavy atom. The van der Waals surface area contributed by atoms with Gasteiger partial charge < -0.3 is 20.1 Å². The Morgan fingerprint density at radius 2 is 1.21 bits per heavy atom. The van der Waals surface area contributed by atoms with Crippen molar-refractivity contribution in [3.63, 3.8) is 0 Å². The molecule has 0 aliphatic heterocycles. The maximum atomic E-state index is 11.8. The molecule has 0 aliphatic rings. The smallest absolute Gasteiger partial charge is 0.331 e. The number of carbonyl (C=O) groups excluding carboxylic acids is 4. The molecule has 0 heterocycles. The molecule has 8 heteroatoms. The van der Waals surface area contributed by atoms with Crippen LogP contribution in [-0.2, 0) is 28.7 Å². The molecule has 2 amide bonds. The van der Waals surface area contributed by atoms with Crippen LogP contribution in [0.2, 0.25) is 0 Å². The maximum Gasteiger partial charge on any atom is 0.331 e. The van der Waals surface area contributed by atoms with Crippen LogP contribution in [0.4, 0.5) is 0 Å². The van der Waals surface area contributed by atoms with Crippen LogP contribution in [0.15, 0.2) is 59.3 Å². The Balaban J connectivity index is 4.01. The lowest BCUT2D eigenvalue weighted by atomic mass is 10.0. The summed E-state index contributed by atoms with van der Waals surface area (Å²) in [5, 5.41) is 5.08. The Labute approximate surface area is 228 Å². The highest BCUT2D eigenvalue weighted by atomic mass is 16.5. The predicted octanol–water partition coefficient (Wildman–Crippen LogP) is 4.88. The molecule has 8 nitrogen and oxygen atoms in total. The van der Waals surface area contributed by atoms with E-state index < -0.39 is 23.8 Å². The van der Waals surface area contributed by atoms with E-state index in [0.29, 0.717) is 12.5 Å². The zero-order valence-electron chi connectivity index (χ0n) is 23.9. The molecule has 0 fully saturated rings. The molecule has 38 heavy (non-hydrogen) atoms. The Hall–Kier alpha value is -3.42. The first-order valence-electron chi connectivity index (χ1n) is 13.2. The third-order valence-electron chi connectivity index (χ3n) is 5.28. The Morgan fingerprint density at radius 1 is 0.684 bits per heavy atom. The van der Waals surface area contributed by atoms with Crippen LogP contribution in [0.25, 0.3) is 0 Å². The van der Waals surface area contributed by atoms with Gasteiger partial charge in [0.25, 0.3) is 0 Å². The van der Waals surface area contributed by atoms with Crippen LogP contribution >= 0.6 is 0 Å². The lowest BCUT2D eigenvalue weighted by Crippen LogP contribution is -2.33. The number of amides is 2. The molecule has 1 unspecified atom stereocenters. The highest BCUT2D eigenvalue weighted by Gasteiger charge is 2.05. The first-order valence-corrected chi connectivity index (χ1v) is 13.2. The van der Waals surface area contributed by atoms with Crippen LogP contribution in [-0.4, -0.2) is 50.1 Å². The summed E-state index contributed by atoms with van der Waals surface area (Å²) in [4.78, 5) is 47.0. The van der Waals surface area contributed by atoms with E-state index in [1.807, 2.05) is 13.0 Å². The van der Waals surface area contributed by atoms with Gasteiger partial charge in [0.2, 0.25) is 11.8 Å². The summed E-state index contributed by atoms with van der Waals surface area (Å²) in [6, 6.07) is 0. The molecule has 0 saturated carbocycles. The zero-order valence-corrected chi connectivity index (χ0v) is 23.9. The van der Waals surface area contributed by atoms with Gasteiger partial charge in [-0.1, -0.05) is 35.8 Å².